The molecule has 1 heterocycles. The highest BCUT2D eigenvalue weighted by Crippen LogP contribution is 2.26. The third-order valence-corrected chi connectivity index (χ3v) is 2.97. The van der Waals surface area contributed by atoms with E-state index in [1.54, 1.807) is 24.0 Å². The van der Waals surface area contributed by atoms with Gasteiger partial charge >= 0.3 is 0 Å². The fourth-order valence-electron chi connectivity index (χ4n) is 2.08. The van der Waals surface area contributed by atoms with Crippen LogP contribution in [0.15, 0.2) is 24.5 Å². The Kier molecular flexibility index (Phi) is 3.90. The summed E-state index contributed by atoms with van der Waals surface area (Å²) < 4.78 is 42.3. The lowest BCUT2D eigenvalue weighted by Crippen LogP contribution is -2.24. The van der Waals surface area contributed by atoms with Gasteiger partial charge in [-0.1, -0.05) is 0 Å². The molecule has 0 aliphatic rings. The Morgan fingerprint density at radius 1 is 1.26 bits per heavy atom. The number of rotatable bonds is 4. The first kappa shape index (κ1) is 13.6. The number of nitrogens with one attached hydrogen (secondary N) is 1. The molecule has 0 aliphatic carbocycles. The molecule has 1 N–H and O–H groups in total. The van der Waals surface area contributed by atoms with E-state index < -0.39 is 23.5 Å². The molecule has 0 amide bonds. The van der Waals surface area contributed by atoms with Crippen LogP contribution >= 0.6 is 0 Å². The van der Waals surface area contributed by atoms with Crippen molar-refractivity contribution in [1.82, 2.24) is 14.9 Å². The lowest BCUT2D eigenvalue weighted by molar-refractivity contribution is 0.484. The fraction of sp³-hybridized carbons (Fsp3) is 0.308. The molecule has 1 unspecified atom stereocenters. The minimum atomic E-state index is -0.938. The molecule has 1 atom stereocenters. The molecule has 0 radical (unpaired) electrons. The van der Waals surface area contributed by atoms with Crippen molar-refractivity contribution in [3.8, 4) is 0 Å². The van der Waals surface area contributed by atoms with Gasteiger partial charge in [-0.05, 0) is 14.0 Å². The zero-order chi connectivity index (χ0) is 14.0. The van der Waals surface area contributed by atoms with Crippen LogP contribution in [0.25, 0.3) is 0 Å². The van der Waals surface area contributed by atoms with Crippen LogP contribution in [-0.2, 0) is 6.54 Å². The first-order valence-corrected chi connectivity index (χ1v) is 5.91. The van der Waals surface area contributed by atoms with Crippen LogP contribution < -0.4 is 5.32 Å². The van der Waals surface area contributed by atoms with E-state index in [-0.39, 0.29) is 5.56 Å². The summed E-state index contributed by atoms with van der Waals surface area (Å²) in [5.41, 5.74) is -0.232. The van der Waals surface area contributed by atoms with E-state index in [9.17, 15) is 13.2 Å². The molecule has 0 fully saturated rings. The Bertz CT molecular complexity index is 557. The second kappa shape index (κ2) is 5.44. The van der Waals surface area contributed by atoms with Gasteiger partial charge in [0.1, 0.15) is 23.3 Å². The van der Waals surface area contributed by atoms with E-state index in [0.29, 0.717) is 24.5 Å². The lowest BCUT2D eigenvalue weighted by atomic mass is 10.0. The number of aryl methyl sites for hydroxylation is 1. The highest BCUT2D eigenvalue weighted by Gasteiger charge is 2.24. The van der Waals surface area contributed by atoms with E-state index in [4.69, 9.17) is 0 Å². The molecule has 1 aromatic heterocycles. The van der Waals surface area contributed by atoms with E-state index in [0.717, 1.165) is 0 Å². The van der Waals surface area contributed by atoms with Gasteiger partial charge in [0, 0.05) is 36.6 Å². The molecular formula is C13H14F3N3. The van der Waals surface area contributed by atoms with Crippen molar-refractivity contribution in [2.24, 2.45) is 0 Å². The smallest absolute Gasteiger partial charge is 0.134 e. The van der Waals surface area contributed by atoms with Crippen molar-refractivity contribution in [2.45, 2.75) is 19.5 Å². The zero-order valence-electron chi connectivity index (χ0n) is 10.6. The first-order valence-electron chi connectivity index (χ1n) is 5.91. The number of benzene rings is 1. The zero-order valence-corrected chi connectivity index (χ0v) is 10.6. The maximum Gasteiger partial charge on any atom is 0.134 e. The third-order valence-electron chi connectivity index (χ3n) is 2.97. The standard InChI is InChI=1S/C13H14F3N3/c1-3-19-5-4-18-13(19)12(17-2)11-9(15)6-8(14)7-10(11)16/h4-7,12,17H,3H2,1-2H3. The molecular weight excluding hydrogens is 255 g/mol. The van der Waals surface area contributed by atoms with E-state index in [1.807, 2.05) is 6.92 Å². The lowest BCUT2D eigenvalue weighted by Gasteiger charge is -2.18. The first-order chi connectivity index (χ1) is 9.08. The predicted molar refractivity (Wildman–Crippen MR) is 65.1 cm³/mol. The minimum absolute atomic E-state index is 0.232. The monoisotopic (exact) mass is 269 g/mol. The minimum Gasteiger partial charge on any atom is -0.334 e. The summed E-state index contributed by atoms with van der Waals surface area (Å²) in [5, 5.41) is 2.81. The van der Waals surface area contributed by atoms with Crippen molar-refractivity contribution in [3.05, 3.63) is 53.4 Å². The van der Waals surface area contributed by atoms with E-state index in [1.165, 1.54) is 0 Å². The number of hydrogen-bond donors (Lipinski definition) is 1. The van der Waals surface area contributed by atoms with Crippen molar-refractivity contribution >= 4 is 0 Å². The molecule has 0 bridgehead atoms. The molecule has 0 spiro atoms. The van der Waals surface area contributed by atoms with Gasteiger partial charge in [0.05, 0.1) is 6.04 Å². The largest absolute Gasteiger partial charge is 0.334 e. The summed E-state index contributed by atoms with van der Waals surface area (Å²) in [6, 6.07) is 0.569. The predicted octanol–water partition coefficient (Wildman–Crippen LogP) is 2.63. The molecule has 3 nitrogen and oxygen atoms in total. The Labute approximate surface area is 109 Å². The van der Waals surface area contributed by atoms with Crippen molar-refractivity contribution < 1.29 is 13.2 Å². The van der Waals surface area contributed by atoms with Gasteiger partial charge in [0.25, 0.3) is 0 Å². The molecule has 102 valence electrons. The van der Waals surface area contributed by atoms with Crippen LogP contribution in [0, 0.1) is 17.5 Å². The topological polar surface area (TPSA) is 29.9 Å². The molecule has 1 aromatic carbocycles. The van der Waals surface area contributed by atoms with E-state index in [2.05, 4.69) is 10.3 Å². The molecule has 2 aromatic rings. The summed E-state index contributed by atoms with van der Waals surface area (Å²) in [7, 11) is 1.57. The summed E-state index contributed by atoms with van der Waals surface area (Å²) >= 11 is 0. The second-order valence-electron chi connectivity index (χ2n) is 4.08. The van der Waals surface area contributed by atoms with Crippen LogP contribution in [0.1, 0.15) is 24.4 Å². The van der Waals surface area contributed by atoms with Crippen LogP contribution in [0.5, 0.6) is 0 Å². The average Bonchev–Trinajstić information content (AvgIpc) is 2.81. The third kappa shape index (κ3) is 2.49. The van der Waals surface area contributed by atoms with Gasteiger partial charge in [-0.15, -0.1) is 0 Å². The van der Waals surface area contributed by atoms with Crippen LogP contribution in [0.4, 0.5) is 13.2 Å². The van der Waals surface area contributed by atoms with Crippen molar-refractivity contribution in [1.29, 1.82) is 0 Å². The van der Waals surface area contributed by atoms with Gasteiger partial charge in [0.15, 0.2) is 0 Å². The molecule has 0 aliphatic heterocycles. The Balaban J connectivity index is 2.54. The number of halogens is 3. The molecule has 0 saturated carbocycles. The summed E-state index contributed by atoms with van der Waals surface area (Å²) in [5.74, 6) is -2.31. The quantitative estimate of drug-likeness (QED) is 0.924. The van der Waals surface area contributed by atoms with Gasteiger partial charge in [0.2, 0.25) is 0 Å². The Morgan fingerprint density at radius 3 is 2.42 bits per heavy atom. The molecule has 19 heavy (non-hydrogen) atoms. The Morgan fingerprint density at radius 2 is 1.89 bits per heavy atom. The van der Waals surface area contributed by atoms with Crippen molar-refractivity contribution in [2.75, 3.05) is 7.05 Å². The highest BCUT2D eigenvalue weighted by molar-refractivity contribution is 5.29. The SMILES string of the molecule is CCn1ccnc1C(NC)c1c(F)cc(F)cc1F. The Hall–Kier alpha value is -1.82. The van der Waals surface area contributed by atoms with Crippen LogP contribution in [0.2, 0.25) is 0 Å². The number of aromatic nitrogens is 2. The second-order valence-corrected chi connectivity index (χ2v) is 4.08. The van der Waals surface area contributed by atoms with Crippen molar-refractivity contribution in [3.63, 3.8) is 0 Å². The van der Waals surface area contributed by atoms with Gasteiger partial charge in [-0.3, -0.25) is 0 Å². The maximum atomic E-state index is 13.8. The normalized spacial score (nSPS) is 12.7. The summed E-state index contributed by atoms with van der Waals surface area (Å²) in [6.45, 7) is 2.52. The highest BCUT2D eigenvalue weighted by atomic mass is 19.1. The number of hydrogen-bond acceptors (Lipinski definition) is 2. The van der Waals surface area contributed by atoms with Gasteiger partial charge < -0.3 is 9.88 Å². The van der Waals surface area contributed by atoms with Gasteiger partial charge in [-0.2, -0.15) is 0 Å². The molecule has 6 heteroatoms. The maximum absolute atomic E-state index is 13.8. The van der Waals surface area contributed by atoms with E-state index >= 15 is 0 Å². The average molecular weight is 269 g/mol. The number of nitrogens with zero attached hydrogens (tertiary/aromatic N) is 2. The van der Waals surface area contributed by atoms with Crippen LogP contribution in [0.3, 0.4) is 0 Å². The summed E-state index contributed by atoms with van der Waals surface area (Å²) in [4.78, 5) is 4.11. The summed E-state index contributed by atoms with van der Waals surface area (Å²) in [6.07, 6.45) is 3.28. The molecule has 0 saturated heterocycles. The fourth-order valence-corrected chi connectivity index (χ4v) is 2.08. The molecule has 2 rings (SSSR count). The van der Waals surface area contributed by atoms with Crippen LogP contribution in [-0.4, -0.2) is 16.6 Å². The number of imidazole rings is 1. The van der Waals surface area contributed by atoms with Gasteiger partial charge in [-0.25, -0.2) is 18.2 Å².